The molecular formula is C20H20ClN5O. The number of nitrogens with two attached hydrogens (primary N) is 1. The van der Waals surface area contributed by atoms with Crippen molar-refractivity contribution >= 4 is 17.5 Å². The molecule has 1 aliphatic heterocycles. The number of pyridine rings is 1. The van der Waals surface area contributed by atoms with Crippen molar-refractivity contribution in [3.63, 3.8) is 0 Å². The molecule has 7 heteroatoms. The largest absolute Gasteiger partial charge is 0.330 e. The van der Waals surface area contributed by atoms with Crippen LogP contribution in [0, 0.1) is 0 Å². The van der Waals surface area contributed by atoms with E-state index in [0.29, 0.717) is 29.4 Å². The fourth-order valence-corrected chi connectivity index (χ4v) is 3.82. The Morgan fingerprint density at radius 1 is 1.26 bits per heavy atom. The second kappa shape index (κ2) is 7.13. The highest BCUT2D eigenvalue weighted by atomic mass is 35.5. The first-order valence-electron chi connectivity index (χ1n) is 8.80. The van der Waals surface area contributed by atoms with Crippen LogP contribution in [0.15, 0.2) is 48.8 Å². The van der Waals surface area contributed by atoms with Crippen molar-refractivity contribution in [2.24, 2.45) is 12.8 Å². The van der Waals surface area contributed by atoms with Gasteiger partial charge in [-0.25, -0.2) is 0 Å². The quantitative estimate of drug-likeness (QED) is 0.737. The minimum atomic E-state index is -0.0592. The third kappa shape index (κ3) is 3.22. The first kappa shape index (κ1) is 17.7. The number of aromatic nitrogens is 3. The number of aryl methyl sites for hydroxylation is 1. The Morgan fingerprint density at radius 2 is 2.04 bits per heavy atom. The van der Waals surface area contributed by atoms with Crippen molar-refractivity contribution < 1.29 is 4.79 Å². The van der Waals surface area contributed by atoms with Gasteiger partial charge in [0.2, 0.25) is 0 Å². The number of hydrogen-bond acceptors (Lipinski definition) is 4. The van der Waals surface area contributed by atoms with Crippen LogP contribution in [-0.2, 0) is 20.0 Å². The minimum Gasteiger partial charge on any atom is -0.330 e. The highest BCUT2D eigenvalue weighted by Gasteiger charge is 2.33. The summed E-state index contributed by atoms with van der Waals surface area (Å²) in [6.07, 6.45) is 3.95. The van der Waals surface area contributed by atoms with E-state index in [2.05, 4.69) is 22.2 Å². The number of benzene rings is 1. The summed E-state index contributed by atoms with van der Waals surface area (Å²) in [6.45, 7) is 0.927. The molecule has 0 spiro atoms. The van der Waals surface area contributed by atoms with E-state index in [9.17, 15) is 4.79 Å². The molecule has 4 rings (SSSR count). The van der Waals surface area contributed by atoms with Gasteiger partial charge in [0.05, 0.1) is 22.5 Å². The van der Waals surface area contributed by atoms with Crippen LogP contribution in [0.3, 0.4) is 0 Å². The first-order chi connectivity index (χ1) is 13.1. The normalized spacial score (nSPS) is 14.5. The number of carbonyl (C=O) groups excluding carboxylic acids is 1. The molecule has 3 aromatic rings. The van der Waals surface area contributed by atoms with Gasteiger partial charge in [-0.15, -0.1) is 0 Å². The molecule has 6 nitrogen and oxygen atoms in total. The van der Waals surface area contributed by atoms with Gasteiger partial charge in [-0.05, 0) is 23.6 Å². The van der Waals surface area contributed by atoms with Crippen molar-refractivity contribution in [3.05, 3.63) is 70.5 Å². The smallest absolute Gasteiger partial charge is 0.256 e. The zero-order valence-electron chi connectivity index (χ0n) is 15.0. The topological polar surface area (TPSA) is 77.0 Å². The molecule has 0 saturated heterocycles. The van der Waals surface area contributed by atoms with Crippen LogP contribution in [0.25, 0.3) is 11.4 Å². The van der Waals surface area contributed by atoms with Gasteiger partial charge in [0.25, 0.3) is 5.91 Å². The van der Waals surface area contributed by atoms with Gasteiger partial charge < -0.3 is 10.6 Å². The lowest BCUT2D eigenvalue weighted by Crippen LogP contribution is -2.42. The second-order valence-electron chi connectivity index (χ2n) is 6.70. The maximum Gasteiger partial charge on any atom is 0.256 e. The molecule has 0 aliphatic carbocycles. The van der Waals surface area contributed by atoms with E-state index in [4.69, 9.17) is 17.3 Å². The average molecular weight is 382 g/mol. The Hall–Kier alpha value is -2.70. The predicted molar refractivity (Wildman–Crippen MR) is 104 cm³/mol. The molecule has 0 saturated carbocycles. The van der Waals surface area contributed by atoms with Gasteiger partial charge in [-0.1, -0.05) is 41.9 Å². The van der Waals surface area contributed by atoms with Crippen LogP contribution in [0.5, 0.6) is 0 Å². The van der Waals surface area contributed by atoms with Crippen LogP contribution in [0.4, 0.5) is 0 Å². The Balaban J connectivity index is 1.61. The molecule has 1 amide bonds. The molecule has 27 heavy (non-hydrogen) atoms. The fraction of sp³-hybridized carbons (Fsp3) is 0.250. The molecule has 1 aromatic carbocycles. The summed E-state index contributed by atoms with van der Waals surface area (Å²) in [5.74, 6) is -0.0217. The van der Waals surface area contributed by atoms with E-state index in [1.165, 1.54) is 0 Å². The number of carbonyl (C=O) groups is 1. The van der Waals surface area contributed by atoms with Crippen LogP contribution in [0.1, 0.15) is 21.5 Å². The summed E-state index contributed by atoms with van der Waals surface area (Å²) in [5.41, 5.74) is 10.2. The number of amides is 1. The van der Waals surface area contributed by atoms with Crippen molar-refractivity contribution in [1.82, 2.24) is 19.7 Å². The van der Waals surface area contributed by atoms with Crippen molar-refractivity contribution in [2.45, 2.75) is 19.0 Å². The number of halogens is 1. The number of fused-ring (bicyclic) bond motifs is 1. The highest BCUT2D eigenvalue weighted by molar-refractivity contribution is 6.32. The summed E-state index contributed by atoms with van der Waals surface area (Å²) in [5, 5.41) is 4.69. The van der Waals surface area contributed by atoms with Gasteiger partial charge >= 0.3 is 0 Å². The lowest BCUT2D eigenvalue weighted by atomic mass is 10.0. The Morgan fingerprint density at radius 3 is 2.70 bits per heavy atom. The molecule has 0 bridgehead atoms. The second-order valence-corrected chi connectivity index (χ2v) is 7.11. The van der Waals surface area contributed by atoms with E-state index < -0.39 is 0 Å². The summed E-state index contributed by atoms with van der Waals surface area (Å²) in [4.78, 5) is 19.2. The third-order valence-electron chi connectivity index (χ3n) is 4.99. The monoisotopic (exact) mass is 381 g/mol. The average Bonchev–Trinajstić information content (AvgIpc) is 3.19. The molecule has 1 unspecified atom stereocenters. The highest BCUT2D eigenvalue weighted by Crippen LogP contribution is 2.31. The fourth-order valence-electron chi connectivity index (χ4n) is 3.56. The van der Waals surface area contributed by atoms with E-state index >= 15 is 0 Å². The Labute approximate surface area is 162 Å². The first-order valence-corrected chi connectivity index (χ1v) is 9.18. The van der Waals surface area contributed by atoms with Crippen molar-refractivity contribution in [3.8, 4) is 11.4 Å². The van der Waals surface area contributed by atoms with E-state index in [0.717, 1.165) is 23.2 Å². The van der Waals surface area contributed by atoms with Crippen LogP contribution in [-0.4, -0.2) is 38.2 Å². The number of nitrogens with zero attached hydrogens (tertiary/aromatic N) is 4. The lowest BCUT2D eigenvalue weighted by Gasteiger charge is -2.26. The summed E-state index contributed by atoms with van der Waals surface area (Å²) < 4.78 is 1.68. The van der Waals surface area contributed by atoms with Crippen molar-refractivity contribution in [1.29, 1.82) is 0 Å². The van der Waals surface area contributed by atoms with Crippen LogP contribution < -0.4 is 5.73 Å². The predicted octanol–water partition coefficient (Wildman–Crippen LogP) is 2.66. The maximum atomic E-state index is 12.9. The Kier molecular flexibility index (Phi) is 4.68. The minimum absolute atomic E-state index is 0.0217. The van der Waals surface area contributed by atoms with Crippen LogP contribution >= 0.6 is 11.6 Å². The molecule has 0 fully saturated rings. The SMILES string of the molecule is Cn1ncc(Cl)c1-c1cc2c(cn1)C(=O)N(C(CN)Cc1ccccc1)C2. The molecule has 1 atom stereocenters. The van der Waals surface area contributed by atoms with Crippen molar-refractivity contribution in [2.75, 3.05) is 6.54 Å². The van der Waals surface area contributed by atoms with E-state index in [-0.39, 0.29) is 11.9 Å². The number of rotatable bonds is 5. The van der Waals surface area contributed by atoms with Gasteiger partial charge in [-0.2, -0.15) is 5.10 Å². The van der Waals surface area contributed by atoms with Gasteiger partial charge in [-0.3, -0.25) is 14.5 Å². The summed E-state index contributed by atoms with van der Waals surface area (Å²) in [6, 6.07) is 12.0. The zero-order chi connectivity index (χ0) is 19.0. The molecule has 1 aliphatic rings. The lowest BCUT2D eigenvalue weighted by molar-refractivity contribution is 0.0708. The standard InChI is InChI=1S/C20H20ClN5O/c1-25-19(17(21)11-24-25)18-8-14-12-26(20(27)16(14)10-23-18)15(9-22)7-13-5-3-2-4-6-13/h2-6,8,10-11,15H,7,9,12,22H2,1H3. The van der Waals surface area contributed by atoms with E-state index in [1.54, 1.807) is 17.1 Å². The van der Waals surface area contributed by atoms with Crippen LogP contribution in [0.2, 0.25) is 5.02 Å². The maximum absolute atomic E-state index is 12.9. The van der Waals surface area contributed by atoms with Gasteiger partial charge in [0.15, 0.2) is 0 Å². The molecule has 2 aromatic heterocycles. The Bertz CT molecular complexity index is 966. The summed E-state index contributed by atoms with van der Waals surface area (Å²) in [7, 11) is 1.82. The van der Waals surface area contributed by atoms with Gasteiger partial charge in [0, 0.05) is 32.4 Å². The molecule has 2 N–H and O–H groups in total. The van der Waals surface area contributed by atoms with E-state index in [1.807, 2.05) is 36.2 Å². The van der Waals surface area contributed by atoms with Gasteiger partial charge in [0.1, 0.15) is 5.69 Å². The zero-order valence-corrected chi connectivity index (χ0v) is 15.7. The number of hydrogen-bond donors (Lipinski definition) is 1. The summed E-state index contributed by atoms with van der Waals surface area (Å²) >= 11 is 6.23. The third-order valence-corrected chi connectivity index (χ3v) is 5.26. The molecule has 3 heterocycles. The molecule has 138 valence electrons. The molecule has 0 radical (unpaired) electrons. The molecular weight excluding hydrogens is 362 g/mol.